The molecule has 0 radical (unpaired) electrons. The molecule has 35 heavy (non-hydrogen) atoms. The molecule has 1 aliphatic heterocycles. The highest BCUT2D eigenvalue weighted by Crippen LogP contribution is 2.30. The van der Waals surface area contributed by atoms with Crippen LogP contribution in [0.2, 0.25) is 0 Å². The summed E-state index contributed by atoms with van der Waals surface area (Å²) in [5.41, 5.74) is 3.48. The highest BCUT2D eigenvalue weighted by molar-refractivity contribution is 5.64. The topological polar surface area (TPSA) is 27.7 Å². The first kappa shape index (κ1) is 27.5. The fourth-order valence-electron chi connectivity index (χ4n) is 4.54. The monoisotopic (exact) mass is 478 g/mol. The summed E-state index contributed by atoms with van der Waals surface area (Å²) in [5.74, 6) is 2.31. The molecule has 1 atom stereocenters. The Hall–Kier alpha value is -2.10. The second-order valence-electron chi connectivity index (χ2n) is 10.1. The first-order chi connectivity index (χ1) is 17.2. The molecular weight excluding hydrogens is 432 g/mol. The quantitative estimate of drug-likeness (QED) is 0.178. The van der Waals surface area contributed by atoms with Crippen LogP contribution in [-0.4, -0.2) is 19.8 Å². The summed E-state index contributed by atoms with van der Waals surface area (Å²) < 4.78 is 18.0. The third-order valence-corrected chi connectivity index (χ3v) is 7.16. The van der Waals surface area contributed by atoms with Crippen molar-refractivity contribution >= 4 is 0 Å². The van der Waals surface area contributed by atoms with Crippen molar-refractivity contribution in [3.05, 3.63) is 66.7 Å². The Morgan fingerprint density at radius 3 is 2.20 bits per heavy atom. The lowest BCUT2D eigenvalue weighted by atomic mass is 10.0. The van der Waals surface area contributed by atoms with Gasteiger partial charge in [0.15, 0.2) is 6.29 Å². The van der Waals surface area contributed by atoms with Crippen LogP contribution in [0.3, 0.4) is 0 Å². The van der Waals surface area contributed by atoms with Crippen molar-refractivity contribution in [1.82, 2.24) is 0 Å². The van der Waals surface area contributed by atoms with Crippen LogP contribution in [0.25, 0.3) is 11.1 Å². The fraction of sp³-hybridized carbons (Fsp3) is 0.562. The zero-order valence-corrected chi connectivity index (χ0v) is 22.1. The zero-order valence-electron chi connectivity index (χ0n) is 22.1. The average Bonchev–Trinajstić information content (AvgIpc) is 2.91. The number of unbranched alkanes of at least 4 members (excludes halogenated alkanes) is 5. The predicted octanol–water partition coefficient (Wildman–Crippen LogP) is 9.14. The van der Waals surface area contributed by atoms with Gasteiger partial charge in [0.2, 0.25) is 0 Å². The van der Waals surface area contributed by atoms with E-state index in [2.05, 4.69) is 69.0 Å². The number of allylic oxidation sites excluding steroid dienone is 1. The van der Waals surface area contributed by atoms with Gasteiger partial charge >= 0.3 is 0 Å². The molecule has 0 aromatic heterocycles. The summed E-state index contributed by atoms with van der Waals surface area (Å²) in [6.45, 7) is 10.8. The van der Waals surface area contributed by atoms with E-state index in [-0.39, 0.29) is 6.29 Å². The van der Waals surface area contributed by atoms with E-state index in [0.717, 1.165) is 49.9 Å². The minimum atomic E-state index is -0.248. The van der Waals surface area contributed by atoms with Crippen LogP contribution >= 0.6 is 0 Å². The smallest absolute Gasteiger partial charge is 0.183 e. The Labute approximate surface area is 213 Å². The third kappa shape index (κ3) is 9.82. The van der Waals surface area contributed by atoms with Gasteiger partial charge in [0.05, 0.1) is 19.8 Å². The number of hydrogen-bond acceptors (Lipinski definition) is 3. The maximum absolute atomic E-state index is 6.04. The highest BCUT2D eigenvalue weighted by atomic mass is 16.7. The molecule has 3 nitrogen and oxygen atoms in total. The van der Waals surface area contributed by atoms with Gasteiger partial charge in [0.25, 0.3) is 0 Å². The molecule has 1 heterocycles. The standard InChI is InChI=1S/C32H46O3/c1-4-6-7-8-11-14-27-24-34-32(35-25-27)30-17-15-28(16-18-30)29-19-21-31(22-20-29)33-23-12-9-10-13-26(3)5-2/h4,15-22,26-27,32H,1,5-14,23-25H2,2-3H3/t26-,27-,32-/m0/s1. The van der Waals surface area contributed by atoms with Crippen molar-refractivity contribution in [2.75, 3.05) is 19.8 Å². The molecule has 0 N–H and O–H groups in total. The van der Waals surface area contributed by atoms with Gasteiger partial charge in [-0.05, 0) is 54.9 Å². The molecule has 1 aliphatic rings. The summed E-state index contributed by atoms with van der Waals surface area (Å²) in [6.07, 6.45) is 14.1. The Balaban J connectivity index is 1.37. The normalized spacial score (nSPS) is 18.8. The van der Waals surface area contributed by atoms with Gasteiger partial charge in [0, 0.05) is 11.5 Å². The largest absolute Gasteiger partial charge is 0.494 e. The molecule has 192 valence electrons. The van der Waals surface area contributed by atoms with Gasteiger partial charge in [-0.15, -0.1) is 6.58 Å². The minimum absolute atomic E-state index is 0.248. The van der Waals surface area contributed by atoms with E-state index in [9.17, 15) is 0 Å². The summed E-state index contributed by atoms with van der Waals surface area (Å²) in [7, 11) is 0. The van der Waals surface area contributed by atoms with E-state index in [1.165, 1.54) is 62.5 Å². The van der Waals surface area contributed by atoms with E-state index in [1.807, 2.05) is 6.08 Å². The summed E-state index contributed by atoms with van der Waals surface area (Å²) in [5, 5.41) is 0. The van der Waals surface area contributed by atoms with E-state index < -0.39 is 0 Å². The molecule has 0 spiro atoms. The first-order valence-electron chi connectivity index (χ1n) is 13.9. The van der Waals surface area contributed by atoms with Crippen molar-refractivity contribution < 1.29 is 14.2 Å². The Morgan fingerprint density at radius 2 is 1.54 bits per heavy atom. The third-order valence-electron chi connectivity index (χ3n) is 7.16. The molecule has 0 unspecified atom stereocenters. The second-order valence-corrected chi connectivity index (χ2v) is 10.1. The molecule has 1 saturated heterocycles. The molecule has 0 amide bonds. The second kappa shape index (κ2) is 15.8. The van der Waals surface area contributed by atoms with E-state index in [0.29, 0.717) is 5.92 Å². The Morgan fingerprint density at radius 1 is 0.886 bits per heavy atom. The van der Waals surface area contributed by atoms with Gasteiger partial charge in [-0.2, -0.15) is 0 Å². The molecule has 3 rings (SSSR count). The van der Waals surface area contributed by atoms with Gasteiger partial charge in [-0.3, -0.25) is 0 Å². The lowest BCUT2D eigenvalue weighted by molar-refractivity contribution is -0.206. The molecule has 1 fully saturated rings. The Bertz CT molecular complexity index is 819. The zero-order chi connectivity index (χ0) is 24.7. The molecule has 0 aliphatic carbocycles. The van der Waals surface area contributed by atoms with Crippen LogP contribution < -0.4 is 4.74 Å². The summed E-state index contributed by atoms with van der Waals surface area (Å²) in [6, 6.07) is 17.0. The van der Waals surface area contributed by atoms with Gasteiger partial charge in [0.1, 0.15) is 5.75 Å². The van der Waals surface area contributed by atoms with E-state index >= 15 is 0 Å². The average molecular weight is 479 g/mol. The van der Waals surface area contributed by atoms with Crippen molar-refractivity contribution in [1.29, 1.82) is 0 Å². The fourth-order valence-corrected chi connectivity index (χ4v) is 4.54. The molecule has 0 bridgehead atoms. The van der Waals surface area contributed by atoms with Crippen molar-refractivity contribution in [2.45, 2.75) is 84.3 Å². The van der Waals surface area contributed by atoms with E-state index in [4.69, 9.17) is 14.2 Å². The first-order valence-corrected chi connectivity index (χ1v) is 13.9. The van der Waals surface area contributed by atoms with Crippen LogP contribution in [0, 0.1) is 11.8 Å². The van der Waals surface area contributed by atoms with Crippen LogP contribution in [-0.2, 0) is 9.47 Å². The highest BCUT2D eigenvalue weighted by Gasteiger charge is 2.23. The van der Waals surface area contributed by atoms with E-state index in [1.54, 1.807) is 0 Å². The van der Waals surface area contributed by atoms with Crippen LogP contribution in [0.4, 0.5) is 0 Å². The SMILES string of the molecule is C=CCCCCC[C@H]1CO[C@H](c2ccc(-c3ccc(OCCCCC[C@@H](C)CC)cc3)cc2)OC1. The predicted molar refractivity (Wildman–Crippen MR) is 147 cm³/mol. The molecule has 2 aromatic carbocycles. The lowest BCUT2D eigenvalue weighted by Crippen LogP contribution is -2.27. The van der Waals surface area contributed by atoms with Crippen molar-refractivity contribution in [3.63, 3.8) is 0 Å². The van der Waals surface area contributed by atoms with Gasteiger partial charge < -0.3 is 14.2 Å². The lowest BCUT2D eigenvalue weighted by Gasteiger charge is -2.29. The summed E-state index contributed by atoms with van der Waals surface area (Å²) in [4.78, 5) is 0. The molecular formula is C32H46O3. The maximum Gasteiger partial charge on any atom is 0.183 e. The number of ether oxygens (including phenoxy) is 3. The van der Waals surface area contributed by atoms with Gasteiger partial charge in [-0.1, -0.05) is 94.8 Å². The maximum atomic E-state index is 6.04. The van der Waals surface area contributed by atoms with Crippen LogP contribution in [0.1, 0.15) is 89.9 Å². The van der Waals surface area contributed by atoms with Crippen LogP contribution in [0.5, 0.6) is 5.75 Å². The molecule has 2 aromatic rings. The van der Waals surface area contributed by atoms with Crippen molar-refractivity contribution in [2.24, 2.45) is 11.8 Å². The number of benzene rings is 2. The summed E-state index contributed by atoms with van der Waals surface area (Å²) >= 11 is 0. The minimum Gasteiger partial charge on any atom is -0.494 e. The number of rotatable bonds is 16. The number of hydrogen-bond donors (Lipinski definition) is 0. The Kier molecular flexibility index (Phi) is 12.4. The molecule has 0 saturated carbocycles. The van der Waals surface area contributed by atoms with Crippen molar-refractivity contribution in [3.8, 4) is 16.9 Å². The van der Waals surface area contributed by atoms with Gasteiger partial charge in [-0.25, -0.2) is 0 Å². The molecule has 3 heteroatoms. The van der Waals surface area contributed by atoms with Crippen LogP contribution in [0.15, 0.2) is 61.2 Å².